The maximum Gasteiger partial charge on any atom is 0.273 e. The SMILES string of the molecule is C.C.C.C.C.C1=Nc2ncccc2C1.CC.CC.CC.CC.CC.CC.CC1NC(=O)c2[nH]cnc2N1.Cn1ccnc1.c1cncnc1.c1nc[nH]n1.c1ncncn1. The molecule has 2 aliphatic rings. The summed E-state index contributed by atoms with van der Waals surface area (Å²) < 4.78 is 1.89. The molecule has 8 heterocycles. The molecule has 0 saturated heterocycles. The van der Waals surface area contributed by atoms with Crippen molar-refractivity contribution < 1.29 is 4.79 Å². The molecule has 0 fully saturated rings. The van der Waals surface area contributed by atoms with E-state index in [1.165, 1.54) is 49.9 Å². The normalized spacial score (nSPS) is 9.83. The number of imidazole rings is 2. The number of nitrogens with zero attached hydrogens (tertiary/aromatic N) is 12. The van der Waals surface area contributed by atoms with Crippen LogP contribution in [0.15, 0.2) is 105 Å². The lowest BCUT2D eigenvalue weighted by Crippen LogP contribution is -2.42. The number of rotatable bonds is 0. The quantitative estimate of drug-likeness (QED) is 0.112. The summed E-state index contributed by atoms with van der Waals surface area (Å²) in [4.78, 5) is 51.3. The van der Waals surface area contributed by atoms with Crippen LogP contribution in [0.25, 0.3) is 0 Å². The van der Waals surface area contributed by atoms with Gasteiger partial charge in [0, 0.05) is 56.2 Å². The average Bonchev–Trinajstić information content (AvgIpc) is 4.15. The number of aromatic amines is 2. The second-order valence-electron chi connectivity index (χ2n) is 8.05. The van der Waals surface area contributed by atoms with Gasteiger partial charge in [0.05, 0.1) is 18.8 Å². The molecule has 17 heteroatoms. The fraction of sp³-hybridized carbons (Fsp3) is 0.488. The van der Waals surface area contributed by atoms with Gasteiger partial charge < -0.3 is 20.2 Å². The number of anilines is 1. The topological polar surface area (TPSA) is 219 Å². The Labute approximate surface area is 365 Å². The fourth-order valence-electron chi connectivity index (χ4n) is 2.97. The molecule has 2 aliphatic heterocycles. The lowest BCUT2D eigenvalue weighted by atomic mass is 10.2. The second kappa shape index (κ2) is 61.9. The number of amides is 1. The summed E-state index contributed by atoms with van der Waals surface area (Å²) in [6.07, 6.45) is 23.6. The largest absolute Gasteiger partial charge is 0.348 e. The molecule has 0 saturated carbocycles. The Morgan fingerprint density at radius 3 is 1.52 bits per heavy atom. The average molecular weight is 843 g/mol. The highest BCUT2D eigenvalue weighted by molar-refractivity contribution is 5.98. The number of hydrogen-bond donors (Lipinski definition) is 4. The van der Waals surface area contributed by atoms with E-state index in [4.69, 9.17) is 0 Å². The molecule has 0 aromatic carbocycles. The molecular weight excluding hydrogens is 757 g/mol. The van der Waals surface area contributed by atoms with Crippen LogP contribution in [0.1, 0.15) is 143 Å². The Morgan fingerprint density at radius 2 is 1.17 bits per heavy atom. The smallest absolute Gasteiger partial charge is 0.273 e. The molecule has 8 rings (SSSR count). The van der Waals surface area contributed by atoms with Crippen molar-refractivity contribution in [3.8, 4) is 0 Å². The molecule has 6 aromatic rings. The third kappa shape index (κ3) is 41.4. The van der Waals surface area contributed by atoms with E-state index in [9.17, 15) is 4.79 Å². The number of fused-ring (bicyclic) bond motifs is 2. The predicted octanol–water partition coefficient (Wildman–Crippen LogP) is 11.2. The molecule has 0 radical (unpaired) electrons. The van der Waals surface area contributed by atoms with Gasteiger partial charge in [-0.1, -0.05) is 126 Å². The van der Waals surface area contributed by atoms with Crippen LogP contribution in [0.4, 0.5) is 11.6 Å². The number of carbonyl (C=O) groups excluding carboxylic acids is 1. The highest BCUT2D eigenvalue weighted by Gasteiger charge is 2.22. The number of aliphatic imine (C=N–C) groups is 1. The van der Waals surface area contributed by atoms with Gasteiger partial charge in [0.2, 0.25) is 0 Å². The van der Waals surface area contributed by atoms with Gasteiger partial charge >= 0.3 is 0 Å². The summed E-state index contributed by atoms with van der Waals surface area (Å²) in [7, 11) is 1.94. The monoisotopic (exact) mass is 843 g/mol. The minimum Gasteiger partial charge on any atom is -0.348 e. The molecule has 4 N–H and O–H groups in total. The lowest BCUT2D eigenvalue weighted by Gasteiger charge is -2.20. The molecular formula is C43H86N16O. The van der Waals surface area contributed by atoms with E-state index in [1.807, 2.05) is 120 Å². The minimum absolute atomic E-state index is 0. The first-order chi connectivity index (χ1) is 27.1. The Morgan fingerprint density at radius 1 is 0.617 bits per heavy atom. The van der Waals surface area contributed by atoms with Crippen LogP contribution < -0.4 is 10.6 Å². The van der Waals surface area contributed by atoms with Gasteiger partial charge in [0.25, 0.3) is 5.91 Å². The molecule has 0 spiro atoms. The van der Waals surface area contributed by atoms with E-state index in [1.54, 1.807) is 37.2 Å². The van der Waals surface area contributed by atoms with Crippen molar-refractivity contribution in [1.29, 1.82) is 0 Å². The van der Waals surface area contributed by atoms with Gasteiger partial charge in [0.15, 0.2) is 11.6 Å². The molecule has 344 valence electrons. The predicted molar refractivity (Wildman–Crippen MR) is 258 cm³/mol. The van der Waals surface area contributed by atoms with Crippen LogP contribution in [-0.2, 0) is 13.5 Å². The molecule has 17 nitrogen and oxygen atoms in total. The standard InChI is InChI=1S/C7H6N2.C6H8N4O.C4H6N2.C4H4N2.C3H3N3.C2H3N3.6C2H6.5CH4/c1-2-6-3-5-9-7(6)8-4-1;1-3-9-5-4(6(11)10-3)7-2-8-5;1-6-3-2-5-4-6;1-2-5-4-6-3-1;1-4-2-6-3-5-1;1-3-2-5-4-1;6*1-2;;;;;/h1-2,4-5H,3H2;2-3,9H,1H3,(H,7,8)(H,10,11);2-4H,1H3;1-4H;1-3H;1-2H,(H,3,4,5);6*1-2H3;5*1H4. The Balaban J connectivity index is -0.0000000706. The van der Waals surface area contributed by atoms with Crippen LogP contribution in [0.2, 0.25) is 0 Å². The van der Waals surface area contributed by atoms with E-state index in [0.29, 0.717) is 11.5 Å². The molecule has 1 amide bonds. The van der Waals surface area contributed by atoms with E-state index < -0.39 is 0 Å². The summed E-state index contributed by atoms with van der Waals surface area (Å²) in [5.74, 6) is 1.41. The number of hydrogen-bond acceptors (Lipinski definition) is 13. The third-order valence-corrected chi connectivity index (χ3v) is 4.80. The van der Waals surface area contributed by atoms with Crippen molar-refractivity contribution >= 4 is 23.8 Å². The highest BCUT2D eigenvalue weighted by atomic mass is 16.2. The van der Waals surface area contributed by atoms with Crippen molar-refractivity contribution in [2.24, 2.45) is 12.0 Å². The zero-order chi connectivity index (χ0) is 42.4. The van der Waals surface area contributed by atoms with E-state index >= 15 is 0 Å². The zero-order valence-electron chi connectivity index (χ0n) is 35.4. The zero-order valence-corrected chi connectivity index (χ0v) is 35.4. The van der Waals surface area contributed by atoms with Crippen molar-refractivity contribution in [3.05, 3.63) is 111 Å². The van der Waals surface area contributed by atoms with Crippen molar-refractivity contribution in [2.75, 3.05) is 5.32 Å². The number of aryl methyl sites for hydroxylation is 1. The van der Waals surface area contributed by atoms with Crippen LogP contribution in [0.5, 0.6) is 0 Å². The molecule has 6 aromatic heterocycles. The first-order valence-corrected chi connectivity index (χ1v) is 18.7. The van der Waals surface area contributed by atoms with Crippen LogP contribution >= 0.6 is 0 Å². The van der Waals surface area contributed by atoms with Gasteiger partial charge in [-0.15, -0.1) is 0 Å². The van der Waals surface area contributed by atoms with Gasteiger partial charge in [-0.3, -0.25) is 9.89 Å². The van der Waals surface area contributed by atoms with Crippen LogP contribution in [0.3, 0.4) is 0 Å². The van der Waals surface area contributed by atoms with E-state index in [2.05, 4.69) is 81.7 Å². The maximum atomic E-state index is 11.1. The molecule has 60 heavy (non-hydrogen) atoms. The van der Waals surface area contributed by atoms with Crippen LogP contribution in [0, 0.1) is 0 Å². The summed E-state index contributed by atoms with van der Waals surface area (Å²) in [6, 6.07) is 5.77. The highest BCUT2D eigenvalue weighted by Crippen LogP contribution is 2.18. The number of aromatic nitrogens is 13. The summed E-state index contributed by atoms with van der Waals surface area (Å²) >= 11 is 0. The second-order valence-corrected chi connectivity index (χ2v) is 8.05. The number of nitrogens with one attached hydrogen (secondary N) is 4. The number of carbonyl (C=O) groups is 1. The maximum absolute atomic E-state index is 11.1. The minimum atomic E-state index is -0.108. The third-order valence-electron chi connectivity index (χ3n) is 4.80. The van der Waals surface area contributed by atoms with E-state index in [-0.39, 0.29) is 49.2 Å². The first kappa shape index (κ1) is 74.7. The fourth-order valence-corrected chi connectivity index (χ4v) is 2.97. The van der Waals surface area contributed by atoms with Gasteiger partial charge in [-0.2, -0.15) is 5.10 Å². The van der Waals surface area contributed by atoms with Crippen LogP contribution in [-0.4, -0.2) is 82.9 Å². The molecule has 0 aliphatic carbocycles. The number of pyridine rings is 1. The van der Waals surface area contributed by atoms with Crippen molar-refractivity contribution in [3.63, 3.8) is 0 Å². The Bertz CT molecular complexity index is 1450. The lowest BCUT2D eigenvalue weighted by molar-refractivity contribution is 0.0934. The van der Waals surface area contributed by atoms with Gasteiger partial charge in [-0.25, -0.2) is 49.8 Å². The number of H-pyrrole nitrogens is 2. The summed E-state index contributed by atoms with van der Waals surface area (Å²) in [6.45, 7) is 25.9. The summed E-state index contributed by atoms with van der Waals surface area (Å²) in [5.41, 5.74) is 1.74. The van der Waals surface area contributed by atoms with Gasteiger partial charge in [0.1, 0.15) is 43.7 Å². The molecule has 1 atom stereocenters. The Hall–Kier alpha value is -6.26. The van der Waals surface area contributed by atoms with E-state index in [0.717, 1.165) is 12.2 Å². The molecule has 0 bridgehead atoms. The molecule has 1 unspecified atom stereocenters. The van der Waals surface area contributed by atoms with Crippen molar-refractivity contribution in [2.45, 2.75) is 140 Å². The van der Waals surface area contributed by atoms with Crippen molar-refractivity contribution in [1.82, 2.24) is 69.9 Å². The summed E-state index contributed by atoms with van der Waals surface area (Å²) in [5, 5.41) is 11.7. The Kier molecular flexibility index (Phi) is 77.1. The van der Waals surface area contributed by atoms with Gasteiger partial charge in [-0.05, 0) is 19.1 Å². The first-order valence-electron chi connectivity index (χ1n) is 18.7.